The molecule has 204 valence electrons. The molecule has 0 saturated carbocycles. The normalized spacial score (nSPS) is 12.9. The molecule has 39 heavy (non-hydrogen) atoms. The molecule has 0 aliphatic carbocycles. The van der Waals surface area contributed by atoms with Crippen LogP contribution in [0, 0.1) is 6.92 Å². The maximum absolute atomic E-state index is 12.6. The number of carbonyl (C=O) groups excluding carboxylic acids is 2. The number of benzene rings is 2. The standard InChI is InChI=1S/C19H26N4OS.C9H8N4O/c1-4-9-22(2)12-14-6-5-7-15(11-14)18(24)21-19-20-16-8-10-23(3)13-17(16)25-19;1-7-10-11-12-13(7)9-4-2-8(6-14)3-5-9/h5-7,11H,4,8-10,12-13H2,1-3H3,(H,20,21,24);2-6H,1H3. The second-order valence-corrected chi connectivity index (χ2v) is 10.7. The van der Waals surface area contributed by atoms with Gasteiger partial charge in [-0.25, -0.2) is 4.98 Å². The first-order valence-corrected chi connectivity index (χ1v) is 13.7. The van der Waals surface area contributed by atoms with Gasteiger partial charge in [0, 0.05) is 42.1 Å². The summed E-state index contributed by atoms with van der Waals surface area (Å²) in [4.78, 5) is 33.4. The molecule has 1 aliphatic heterocycles. The number of hydrogen-bond donors (Lipinski definition) is 1. The Balaban J connectivity index is 0.000000212. The lowest BCUT2D eigenvalue weighted by atomic mass is 10.1. The maximum Gasteiger partial charge on any atom is 0.257 e. The molecule has 0 bridgehead atoms. The number of amides is 1. The van der Waals surface area contributed by atoms with E-state index in [9.17, 15) is 9.59 Å². The molecule has 0 unspecified atom stereocenters. The van der Waals surface area contributed by atoms with Crippen LogP contribution in [-0.2, 0) is 19.5 Å². The summed E-state index contributed by atoms with van der Waals surface area (Å²) >= 11 is 1.59. The molecule has 1 aliphatic rings. The molecule has 4 aromatic rings. The lowest BCUT2D eigenvalue weighted by Gasteiger charge is -2.20. The highest BCUT2D eigenvalue weighted by Gasteiger charge is 2.19. The van der Waals surface area contributed by atoms with Crippen LogP contribution in [0.3, 0.4) is 0 Å². The fraction of sp³-hybridized carbons (Fsp3) is 0.357. The van der Waals surface area contributed by atoms with Crippen LogP contribution in [0.4, 0.5) is 5.13 Å². The number of tetrazole rings is 1. The molecule has 1 N–H and O–H groups in total. The Morgan fingerprint density at radius 3 is 2.69 bits per heavy atom. The van der Waals surface area contributed by atoms with E-state index in [0.717, 1.165) is 62.3 Å². The van der Waals surface area contributed by atoms with Crippen molar-refractivity contribution in [1.82, 2.24) is 35.0 Å². The number of hydrogen-bond acceptors (Lipinski definition) is 9. The third kappa shape index (κ3) is 7.62. The average molecular weight is 547 g/mol. The molecule has 5 rings (SSSR count). The van der Waals surface area contributed by atoms with Crippen molar-refractivity contribution in [2.24, 2.45) is 0 Å². The Labute approximate surface area is 232 Å². The number of rotatable bonds is 8. The predicted molar refractivity (Wildman–Crippen MR) is 152 cm³/mol. The van der Waals surface area contributed by atoms with Crippen molar-refractivity contribution in [2.75, 3.05) is 32.5 Å². The molecular formula is C28H34N8O2S. The largest absolute Gasteiger partial charge is 0.302 e. The van der Waals surface area contributed by atoms with Gasteiger partial charge in [0.25, 0.3) is 5.91 Å². The fourth-order valence-corrected chi connectivity index (χ4v) is 5.38. The topological polar surface area (TPSA) is 109 Å². The van der Waals surface area contributed by atoms with Gasteiger partial charge in [-0.15, -0.1) is 16.4 Å². The highest BCUT2D eigenvalue weighted by molar-refractivity contribution is 7.15. The molecule has 0 spiro atoms. The minimum absolute atomic E-state index is 0.0838. The van der Waals surface area contributed by atoms with Crippen molar-refractivity contribution in [1.29, 1.82) is 0 Å². The first-order chi connectivity index (χ1) is 18.9. The van der Waals surface area contributed by atoms with Gasteiger partial charge in [0.2, 0.25) is 0 Å². The summed E-state index contributed by atoms with van der Waals surface area (Å²) in [5.74, 6) is 0.628. The zero-order chi connectivity index (χ0) is 27.8. The van der Waals surface area contributed by atoms with Gasteiger partial charge >= 0.3 is 0 Å². The summed E-state index contributed by atoms with van der Waals surface area (Å²) in [6.45, 7) is 7.83. The Bertz CT molecular complexity index is 1400. The Hall–Kier alpha value is -3.80. The third-order valence-electron chi connectivity index (χ3n) is 6.29. The minimum Gasteiger partial charge on any atom is -0.302 e. The van der Waals surface area contributed by atoms with Gasteiger partial charge in [-0.05, 0) is 86.4 Å². The average Bonchev–Trinajstić information content (AvgIpc) is 3.54. The Morgan fingerprint density at radius 2 is 2.00 bits per heavy atom. The predicted octanol–water partition coefficient (Wildman–Crippen LogP) is 4.01. The number of aldehydes is 1. The van der Waals surface area contributed by atoms with E-state index in [1.807, 2.05) is 25.1 Å². The lowest BCUT2D eigenvalue weighted by Crippen LogP contribution is -2.25. The molecule has 0 atom stereocenters. The van der Waals surface area contributed by atoms with E-state index in [2.05, 4.69) is 62.7 Å². The van der Waals surface area contributed by atoms with Gasteiger partial charge in [-0.3, -0.25) is 14.9 Å². The second kappa shape index (κ2) is 13.3. The van der Waals surface area contributed by atoms with Crippen LogP contribution < -0.4 is 5.32 Å². The first kappa shape index (κ1) is 28.2. The van der Waals surface area contributed by atoms with Crippen LogP contribution in [0.1, 0.15) is 56.0 Å². The summed E-state index contributed by atoms with van der Waals surface area (Å²) in [5, 5.41) is 14.8. The monoisotopic (exact) mass is 546 g/mol. The number of anilines is 1. The van der Waals surface area contributed by atoms with E-state index in [1.165, 1.54) is 4.88 Å². The van der Waals surface area contributed by atoms with Gasteiger partial charge in [-0.2, -0.15) is 4.68 Å². The quantitative estimate of drug-likeness (QED) is 0.330. The van der Waals surface area contributed by atoms with E-state index in [4.69, 9.17) is 0 Å². The van der Waals surface area contributed by atoms with E-state index in [1.54, 1.807) is 40.3 Å². The Morgan fingerprint density at radius 1 is 1.21 bits per heavy atom. The van der Waals surface area contributed by atoms with Crippen LogP contribution in [0.2, 0.25) is 0 Å². The zero-order valence-corrected chi connectivity index (χ0v) is 23.6. The summed E-state index contributed by atoms with van der Waals surface area (Å²) < 4.78 is 1.61. The van der Waals surface area contributed by atoms with Crippen LogP contribution in [0.15, 0.2) is 48.5 Å². The number of nitrogens with zero attached hydrogens (tertiary/aromatic N) is 7. The van der Waals surface area contributed by atoms with E-state index in [-0.39, 0.29) is 5.91 Å². The van der Waals surface area contributed by atoms with E-state index < -0.39 is 0 Å². The van der Waals surface area contributed by atoms with Crippen LogP contribution in [-0.4, -0.2) is 74.4 Å². The third-order valence-corrected chi connectivity index (χ3v) is 7.29. The van der Waals surface area contributed by atoms with Gasteiger partial charge < -0.3 is 9.80 Å². The van der Waals surface area contributed by atoms with Gasteiger partial charge in [0.1, 0.15) is 6.29 Å². The fourth-order valence-electron chi connectivity index (χ4n) is 4.29. The van der Waals surface area contributed by atoms with Crippen LogP contribution in [0.5, 0.6) is 0 Å². The van der Waals surface area contributed by atoms with Crippen molar-refractivity contribution in [3.05, 3.63) is 81.6 Å². The second-order valence-electron chi connectivity index (χ2n) is 9.62. The molecule has 0 saturated heterocycles. The highest BCUT2D eigenvalue weighted by Crippen LogP contribution is 2.28. The van der Waals surface area contributed by atoms with Crippen molar-refractivity contribution >= 4 is 28.7 Å². The number of aromatic nitrogens is 5. The van der Waals surface area contributed by atoms with Gasteiger partial charge in [-0.1, -0.05) is 19.1 Å². The van der Waals surface area contributed by atoms with E-state index in [0.29, 0.717) is 22.1 Å². The van der Waals surface area contributed by atoms with Gasteiger partial charge in [0.05, 0.1) is 11.4 Å². The molecule has 0 fully saturated rings. The lowest BCUT2D eigenvalue weighted by molar-refractivity contribution is 0.102. The maximum atomic E-state index is 12.6. The molecule has 3 heterocycles. The summed E-state index contributed by atoms with van der Waals surface area (Å²) in [6.07, 6.45) is 2.88. The van der Waals surface area contributed by atoms with Crippen molar-refractivity contribution in [3.8, 4) is 5.69 Å². The molecule has 2 aromatic carbocycles. The molecule has 1 amide bonds. The molecule has 11 heteroatoms. The first-order valence-electron chi connectivity index (χ1n) is 12.9. The minimum atomic E-state index is -0.0838. The zero-order valence-electron chi connectivity index (χ0n) is 22.8. The number of nitrogens with one attached hydrogen (secondary N) is 1. The van der Waals surface area contributed by atoms with Crippen molar-refractivity contribution in [3.63, 3.8) is 0 Å². The summed E-state index contributed by atoms with van der Waals surface area (Å²) in [6, 6.07) is 14.9. The summed E-state index contributed by atoms with van der Waals surface area (Å²) in [7, 11) is 4.22. The molecule has 0 radical (unpaired) electrons. The molecule has 2 aromatic heterocycles. The smallest absolute Gasteiger partial charge is 0.257 e. The van der Waals surface area contributed by atoms with Crippen LogP contribution in [0.25, 0.3) is 5.69 Å². The highest BCUT2D eigenvalue weighted by atomic mass is 32.1. The molecule has 10 nitrogen and oxygen atoms in total. The van der Waals surface area contributed by atoms with Crippen molar-refractivity contribution in [2.45, 2.75) is 39.8 Å². The SMILES string of the molecule is CCCN(C)Cc1cccc(C(=O)Nc2nc3c(s2)CN(C)CC3)c1.Cc1nnnn1-c1ccc(C=O)cc1. The molecular weight excluding hydrogens is 512 g/mol. The van der Waals surface area contributed by atoms with Crippen LogP contribution >= 0.6 is 11.3 Å². The number of thiazole rings is 1. The summed E-state index contributed by atoms with van der Waals surface area (Å²) in [5.41, 5.74) is 4.46. The number of fused-ring (bicyclic) bond motifs is 1. The number of carbonyl (C=O) groups is 2. The number of aryl methyl sites for hydroxylation is 1. The Kier molecular flexibility index (Phi) is 9.64. The van der Waals surface area contributed by atoms with E-state index >= 15 is 0 Å². The van der Waals surface area contributed by atoms with Crippen molar-refractivity contribution < 1.29 is 9.59 Å². The van der Waals surface area contributed by atoms with Gasteiger partial charge in [0.15, 0.2) is 11.0 Å². The number of likely N-dealkylation sites (N-methyl/N-ethyl adjacent to an activating group) is 1.